The van der Waals surface area contributed by atoms with Crippen LogP contribution >= 0.6 is 0 Å². The summed E-state index contributed by atoms with van der Waals surface area (Å²) in [6.07, 6.45) is 0. The molecule has 52 heavy (non-hydrogen) atoms. The molecule has 246 valence electrons. The van der Waals surface area contributed by atoms with Crippen molar-refractivity contribution in [1.29, 1.82) is 0 Å². The van der Waals surface area contributed by atoms with Crippen molar-refractivity contribution in [3.63, 3.8) is 0 Å². The van der Waals surface area contributed by atoms with E-state index in [1.807, 2.05) is 48.5 Å². The highest BCUT2D eigenvalue weighted by Crippen LogP contribution is 2.38. The van der Waals surface area contributed by atoms with Crippen LogP contribution in [0.3, 0.4) is 0 Å². The van der Waals surface area contributed by atoms with Crippen molar-refractivity contribution in [3.05, 3.63) is 157 Å². The number of carbonyl (C=O) groups is 2. The molecule has 10 aromatic rings. The monoisotopic (exact) mass is 670 g/mol. The predicted molar refractivity (Wildman–Crippen MR) is 217 cm³/mol. The Morgan fingerprint density at radius 2 is 0.673 bits per heavy atom. The predicted octanol–water partition coefficient (Wildman–Crippen LogP) is 10.8. The molecule has 2 amide bonds. The summed E-state index contributed by atoms with van der Waals surface area (Å²) in [6, 6.07) is 48.0. The SMILES string of the molecule is Nc1cc(-c2ccc(NC(=O)c3cc4ccc5cccc6ccc(c3)c4c56)c(N)c2)ccc1NC(=O)c1cc2ccc3cccc4ccc(c1)c2c34. The summed E-state index contributed by atoms with van der Waals surface area (Å²) < 4.78 is 0. The Balaban J connectivity index is 0.883. The summed E-state index contributed by atoms with van der Waals surface area (Å²) in [5, 5.41) is 19.5. The lowest BCUT2D eigenvalue weighted by molar-refractivity contribution is 0.101. The van der Waals surface area contributed by atoms with Crippen LogP contribution in [0.2, 0.25) is 0 Å². The molecule has 6 nitrogen and oxygen atoms in total. The van der Waals surface area contributed by atoms with Crippen LogP contribution in [0.4, 0.5) is 22.7 Å². The average Bonchev–Trinajstić information content (AvgIpc) is 3.17. The quantitative estimate of drug-likeness (QED) is 0.108. The molecule has 0 aliphatic rings. The first kappa shape index (κ1) is 29.7. The topological polar surface area (TPSA) is 110 Å². The molecule has 0 atom stereocenters. The average molecular weight is 671 g/mol. The Hall–Kier alpha value is -7.18. The van der Waals surface area contributed by atoms with Crippen LogP contribution in [-0.2, 0) is 0 Å². The second-order valence-corrected chi connectivity index (χ2v) is 13.5. The molecule has 0 aliphatic carbocycles. The molecule has 0 spiro atoms. The van der Waals surface area contributed by atoms with E-state index in [0.717, 1.165) is 43.4 Å². The molecule has 0 saturated carbocycles. The molecular formula is C46H30N4O2. The van der Waals surface area contributed by atoms with Crippen LogP contribution in [0.25, 0.3) is 75.8 Å². The molecule has 0 saturated heterocycles. The lowest BCUT2D eigenvalue weighted by atomic mass is 9.93. The summed E-state index contributed by atoms with van der Waals surface area (Å²) in [6.45, 7) is 0. The van der Waals surface area contributed by atoms with E-state index in [9.17, 15) is 9.59 Å². The van der Waals surface area contributed by atoms with Gasteiger partial charge in [0.15, 0.2) is 0 Å². The largest absolute Gasteiger partial charge is 0.397 e. The van der Waals surface area contributed by atoms with Crippen molar-refractivity contribution in [2.24, 2.45) is 0 Å². The highest BCUT2D eigenvalue weighted by Gasteiger charge is 2.16. The maximum Gasteiger partial charge on any atom is 0.255 e. The number of benzene rings is 10. The molecule has 10 aromatic carbocycles. The number of amides is 2. The zero-order chi connectivity index (χ0) is 35.1. The van der Waals surface area contributed by atoms with E-state index < -0.39 is 0 Å². The van der Waals surface area contributed by atoms with E-state index in [-0.39, 0.29) is 11.8 Å². The minimum Gasteiger partial charge on any atom is -0.397 e. The Kier molecular flexibility index (Phi) is 6.38. The molecule has 0 bridgehead atoms. The summed E-state index contributed by atoms with van der Waals surface area (Å²) in [4.78, 5) is 27.0. The van der Waals surface area contributed by atoms with Crippen LogP contribution in [0, 0.1) is 0 Å². The van der Waals surface area contributed by atoms with Crippen molar-refractivity contribution in [2.45, 2.75) is 0 Å². The molecule has 0 heterocycles. The van der Waals surface area contributed by atoms with Crippen LogP contribution in [0.1, 0.15) is 20.7 Å². The minimum absolute atomic E-state index is 0.237. The minimum atomic E-state index is -0.237. The molecule has 6 N–H and O–H groups in total. The van der Waals surface area contributed by atoms with E-state index >= 15 is 0 Å². The van der Waals surface area contributed by atoms with Crippen LogP contribution in [0.15, 0.2) is 146 Å². The number of anilines is 4. The van der Waals surface area contributed by atoms with Gasteiger partial charge >= 0.3 is 0 Å². The number of nitrogen functional groups attached to an aromatic ring is 2. The highest BCUT2D eigenvalue weighted by atomic mass is 16.2. The Labute approximate surface area is 297 Å². The van der Waals surface area contributed by atoms with Crippen molar-refractivity contribution in [3.8, 4) is 11.1 Å². The first-order chi connectivity index (χ1) is 25.4. The summed E-state index contributed by atoms with van der Waals surface area (Å²) >= 11 is 0. The molecule has 0 aromatic heterocycles. The van der Waals surface area contributed by atoms with Gasteiger partial charge in [0.25, 0.3) is 11.8 Å². The van der Waals surface area contributed by atoms with Crippen molar-refractivity contribution in [2.75, 3.05) is 22.1 Å². The van der Waals surface area contributed by atoms with Crippen LogP contribution in [0.5, 0.6) is 0 Å². The first-order valence-electron chi connectivity index (χ1n) is 17.2. The van der Waals surface area contributed by atoms with Gasteiger partial charge in [-0.05, 0) is 124 Å². The van der Waals surface area contributed by atoms with Crippen molar-refractivity contribution >= 4 is 99.2 Å². The second kappa shape index (κ2) is 11.2. The molecule has 0 fully saturated rings. The van der Waals surface area contributed by atoms with Gasteiger partial charge in [0.1, 0.15) is 0 Å². The second-order valence-electron chi connectivity index (χ2n) is 13.5. The third-order valence-electron chi connectivity index (χ3n) is 10.4. The normalized spacial score (nSPS) is 11.8. The molecule has 0 radical (unpaired) electrons. The zero-order valence-corrected chi connectivity index (χ0v) is 27.8. The van der Waals surface area contributed by atoms with Crippen molar-refractivity contribution < 1.29 is 9.59 Å². The standard InChI is InChI=1S/C46H30N4O2/c47-37-23-29(15-17-39(37)49-45(51)35-19-31-11-7-25-3-1-4-26-8-12-32(20-35)43(31)41(25)26)30-16-18-40(38(48)24-30)50-46(52)36-21-33-13-9-27-5-2-6-28-10-14-34(22-36)44(33)42(27)28/h1-24H,47-48H2,(H,49,51)(H,50,52). The fourth-order valence-corrected chi connectivity index (χ4v) is 7.87. The number of rotatable bonds is 5. The first-order valence-corrected chi connectivity index (χ1v) is 17.2. The van der Waals surface area contributed by atoms with Crippen LogP contribution in [-0.4, -0.2) is 11.8 Å². The number of nitrogens with one attached hydrogen (secondary N) is 2. The highest BCUT2D eigenvalue weighted by molar-refractivity contribution is 6.26. The molecule has 10 rings (SSSR count). The molecule has 6 heteroatoms. The van der Waals surface area contributed by atoms with E-state index in [0.29, 0.717) is 33.9 Å². The number of nitrogens with two attached hydrogens (primary N) is 2. The fraction of sp³-hybridized carbons (Fsp3) is 0. The van der Waals surface area contributed by atoms with Gasteiger partial charge in [-0.3, -0.25) is 9.59 Å². The smallest absolute Gasteiger partial charge is 0.255 e. The van der Waals surface area contributed by atoms with E-state index in [2.05, 4.69) is 95.6 Å². The van der Waals surface area contributed by atoms with Gasteiger partial charge in [0, 0.05) is 11.1 Å². The van der Waals surface area contributed by atoms with Gasteiger partial charge in [0.2, 0.25) is 0 Å². The lowest BCUT2D eigenvalue weighted by Crippen LogP contribution is -2.13. The maximum atomic E-state index is 13.5. The van der Waals surface area contributed by atoms with Gasteiger partial charge in [-0.15, -0.1) is 0 Å². The van der Waals surface area contributed by atoms with E-state index in [4.69, 9.17) is 11.5 Å². The third-order valence-corrected chi connectivity index (χ3v) is 10.4. The number of hydrogen-bond donors (Lipinski definition) is 4. The fourth-order valence-electron chi connectivity index (χ4n) is 7.87. The van der Waals surface area contributed by atoms with Gasteiger partial charge < -0.3 is 22.1 Å². The molecule has 0 unspecified atom stereocenters. The van der Waals surface area contributed by atoms with Gasteiger partial charge in [0.05, 0.1) is 22.7 Å². The zero-order valence-electron chi connectivity index (χ0n) is 27.8. The maximum absolute atomic E-state index is 13.5. The van der Waals surface area contributed by atoms with Crippen molar-refractivity contribution in [1.82, 2.24) is 0 Å². The van der Waals surface area contributed by atoms with Gasteiger partial charge in [-0.1, -0.05) is 97.1 Å². The Bertz CT molecular complexity index is 2760. The molecular weight excluding hydrogens is 641 g/mol. The van der Waals surface area contributed by atoms with E-state index in [1.165, 1.54) is 32.3 Å². The lowest BCUT2D eigenvalue weighted by Gasteiger charge is -2.15. The van der Waals surface area contributed by atoms with E-state index in [1.54, 1.807) is 12.1 Å². The third kappa shape index (κ3) is 4.66. The molecule has 0 aliphatic heterocycles. The Morgan fingerprint density at radius 1 is 0.365 bits per heavy atom. The Morgan fingerprint density at radius 3 is 1.00 bits per heavy atom. The van der Waals surface area contributed by atoms with Crippen LogP contribution < -0.4 is 22.1 Å². The number of hydrogen-bond acceptors (Lipinski definition) is 4. The van der Waals surface area contributed by atoms with Gasteiger partial charge in [-0.25, -0.2) is 0 Å². The number of carbonyl (C=O) groups excluding carboxylic acids is 2. The summed E-state index contributed by atoms with van der Waals surface area (Å²) in [5.74, 6) is -0.474. The summed E-state index contributed by atoms with van der Waals surface area (Å²) in [5.41, 5.74) is 17.6. The summed E-state index contributed by atoms with van der Waals surface area (Å²) in [7, 11) is 0. The van der Waals surface area contributed by atoms with Gasteiger partial charge in [-0.2, -0.15) is 0 Å².